The smallest absolute Gasteiger partial charge is 0.265 e. The van der Waals surface area contributed by atoms with Crippen LogP contribution < -0.4 is 14.8 Å². The topological polar surface area (TPSA) is 78.3 Å². The fraction of sp³-hybridized carbons (Fsp3) is 0.526. The summed E-state index contributed by atoms with van der Waals surface area (Å²) in [7, 11) is 0. The summed E-state index contributed by atoms with van der Waals surface area (Å²) >= 11 is 0. The molecule has 3 aliphatic rings. The molecule has 1 aromatic heterocycles. The molecular formula is C19H22N4O3. The lowest BCUT2D eigenvalue weighted by molar-refractivity contribution is -0.133. The van der Waals surface area contributed by atoms with Gasteiger partial charge in [0.2, 0.25) is 6.10 Å². The number of carbonyl (C=O) groups is 1. The van der Waals surface area contributed by atoms with Crippen molar-refractivity contribution >= 4 is 5.91 Å². The Labute approximate surface area is 151 Å². The van der Waals surface area contributed by atoms with E-state index in [1.54, 1.807) is 0 Å². The molecule has 26 heavy (non-hydrogen) atoms. The molecule has 2 atom stereocenters. The lowest BCUT2D eigenvalue weighted by atomic mass is 10.1. The Hall–Kier alpha value is -2.57. The van der Waals surface area contributed by atoms with E-state index in [4.69, 9.17) is 9.47 Å². The fourth-order valence-electron chi connectivity index (χ4n) is 3.48. The van der Waals surface area contributed by atoms with Crippen molar-refractivity contribution in [1.82, 2.24) is 20.1 Å². The van der Waals surface area contributed by atoms with Crippen LogP contribution in [0.25, 0.3) is 0 Å². The van der Waals surface area contributed by atoms with E-state index in [9.17, 15) is 4.79 Å². The number of hydrogen-bond donors (Lipinski definition) is 1. The van der Waals surface area contributed by atoms with Crippen LogP contribution in [0, 0.1) is 0 Å². The summed E-state index contributed by atoms with van der Waals surface area (Å²) in [5.41, 5.74) is 0. The molecule has 1 aromatic carbocycles. The normalized spacial score (nSPS) is 24.3. The maximum Gasteiger partial charge on any atom is 0.265 e. The van der Waals surface area contributed by atoms with Crippen LogP contribution in [0.3, 0.4) is 0 Å². The molecule has 7 nitrogen and oxygen atoms in total. The first kappa shape index (κ1) is 15.7. The monoisotopic (exact) mass is 354 g/mol. The SMILES string of the molecule is CC1Oc2ccccc2OC1C(=O)NCc1nnc(C2CC2)n1C1CC1. The van der Waals surface area contributed by atoms with E-state index >= 15 is 0 Å². The number of nitrogens with zero attached hydrogens (tertiary/aromatic N) is 3. The van der Waals surface area contributed by atoms with Crippen LogP contribution in [-0.4, -0.2) is 32.9 Å². The van der Waals surface area contributed by atoms with E-state index in [2.05, 4.69) is 20.1 Å². The molecule has 0 bridgehead atoms. The molecule has 136 valence electrons. The van der Waals surface area contributed by atoms with Crippen molar-refractivity contribution in [2.75, 3.05) is 0 Å². The third kappa shape index (κ3) is 2.81. The first-order valence-electron chi connectivity index (χ1n) is 9.34. The minimum Gasteiger partial charge on any atom is -0.482 e. The van der Waals surface area contributed by atoms with Gasteiger partial charge in [-0.2, -0.15) is 0 Å². The van der Waals surface area contributed by atoms with E-state index in [0.29, 0.717) is 30.0 Å². The summed E-state index contributed by atoms with van der Waals surface area (Å²) in [5.74, 6) is 3.57. The largest absolute Gasteiger partial charge is 0.482 e. The Bertz CT molecular complexity index is 841. The molecule has 2 fully saturated rings. The predicted molar refractivity (Wildman–Crippen MR) is 93.1 cm³/mol. The molecule has 0 radical (unpaired) electrons. The number of amides is 1. The average Bonchev–Trinajstić information content (AvgIpc) is 3.57. The summed E-state index contributed by atoms with van der Waals surface area (Å²) in [6.45, 7) is 2.21. The second kappa shape index (κ2) is 6.00. The number of para-hydroxylation sites is 2. The average molecular weight is 354 g/mol. The molecule has 0 spiro atoms. The van der Waals surface area contributed by atoms with E-state index < -0.39 is 6.10 Å². The molecular weight excluding hydrogens is 332 g/mol. The van der Waals surface area contributed by atoms with Crippen molar-refractivity contribution in [3.63, 3.8) is 0 Å². The molecule has 2 heterocycles. The third-order valence-corrected chi connectivity index (χ3v) is 5.17. The molecule has 0 saturated heterocycles. The highest BCUT2D eigenvalue weighted by atomic mass is 16.6. The molecule has 2 aromatic rings. The number of hydrogen-bond acceptors (Lipinski definition) is 5. The zero-order valence-corrected chi connectivity index (χ0v) is 14.7. The van der Waals surface area contributed by atoms with Crippen molar-refractivity contribution in [2.24, 2.45) is 0 Å². The Balaban J connectivity index is 1.28. The van der Waals surface area contributed by atoms with Gasteiger partial charge in [0.25, 0.3) is 5.91 Å². The predicted octanol–water partition coefficient (Wildman–Crippen LogP) is 2.34. The minimum atomic E-state index is -0.676. The van der Waals surface area contributed by atoms with Gasteiger partial charge in [0, 0.05) is 12.0 Å². The van der Waals surface area contributed by atoms with E-state index in [1.165, 1.54) is 25.7 Å². The van der Waals surface area contributed by atoms with Gasteiger partial charge in [-0.05, 0) is 44.7 Å². The molecule has 1 amide bonds. The zero-order valence-electron chi connectivity index (χ0n) is 14.7. The van der Waals surface area contributed by atoms with Gasteiger partial charge in [0.05, 0.1) is 6.54 Å². The molecule has 2 unspecified atom stereocenters. The van der Waals surface area contributed by atoms with Gasteiger partial charge in [0.1, 0.15) is 11.9 Å². The van der Waals surface area contributed by atoms with Gasteiger partial charge in [0.15, 0.2) is 17.3 Å². The maximum atomic E-state index is 12.7. The summed E-state index contributed by atoms with van der Waals surface area (Å²) in [6.07, 6.45) is 3.71. The number of nitrogens with one attached hydrogen (secondary N) is 1. The Morgan fingerprint density at radius 3 is 2.58 bits per heavy atom. The summed E-state index contributed by atoms with van der Waals surface area (Å²) < 4.78 is 13.9. The van der Waals surface area contributed by atoms with Crippen LogP contribution in [0.4, 0.5) is 0 Å². The summed E-state index contributed by atoms with van der Waals surface area (Å²) in [6, 6.07) is 7.92. The fourth-order valence-corrected chi connectivity index (χ4v) is 3.48. The van der Waals surface area contributed by atoms with E-state index in [0.717, 1.165) is 11.6 Å². The minimum absolute atomic E-state index is 0.190. The number of benzene rings is 1. The second-order valence-electron chi connectivity index (χ2n) is 7.38. The van der Waals surface area contributed by atoms with Crippen LogP contribution in [-0.2, 0) is 11.3 Å². The lowest BCUT2D eigenvalue weighted by Gasteiger charge is -2.30. The van der Waals surface area contributed by atoms with Gasteiger partial charge >= 0.3 is 0 Å². The summed E-state index contributed by atoms with van der Waals surface area (Å²) in [4.78, 5) is 12.7. The van der Waals surface area contributed by atoms with Gasteiger partial charge in [-0.1, -0.05) is 12.1 Å². The number of rotatable bonds is 5. The van der Waals surface area contributed by atoms with Gasteiger partial charge in [-0.15, -0.1) is 10.2 Å². The number of ether oxygens (including phenoxy) is 2. The van der Waals surface area contributed by atoms with E-state index in [1.807, 2.05) is 31.2 Å². The van der Waals surface area contributed by atoms with Crippen LogP contribution in [0.1, 0.15) is 56.2 Å². The van der Waals surface area contributed by atoms with Crippen LogP contribution in [0.5, 0.6) is 11.5 Å². The first-order chi connectivity index (χ1) is 12.7. The quantitative estimate of drug-likeness (QED) is 0.892. The maximum absolute atomic E-state index is 12.7. The molecule has 1 aliphatic heterocycles. The van der Waals surface area contributed by atoms with Crippen molar-refractivity contribution in [3.05, 3.63) is 35.9 Å². The molecule has 7 heteroatoms. The standard InChI is InChI=1S/C19H22N4O3/c1-11-17(26-15-5-3-2-4-14(15)25-11)19(24)20-10-16-21-22-18(12-6-7-12)23(16)13-8-9-13/h2-5,11-13,17H,6-10H2,1H3,(H,20,24). The molecule has 1 N–H and O–H groups in total. The van der Waals surface area contributed by atoms with Crippen molar-refractivity contribution in [1.29, 1.82) is 0 Å². The molecule has 5 rings (SSSR count). The summed E-state index contributed by atoms with van der Waals surface area (Å²) in [5, 5.41) is 11.7. The van der Waals surface area contributed by atoms with Gasteiger partial charge < -0.3 is 19.4 Å². The number of fused-ring (bicyclic) bond motifs is 1. The zero-order chi connectivity index (χ0) is 17.7. The van der Waals surface area contributed by atoms with Crippen molar-refractivity contribution < 1.29 is 14.3 Å². The van der Waals surface area contributed by atoms with Crippen molar-refractivity contribution in [2.45, 2.75) is 63.3 Å². The lowest BCUT2D eigenvalue weighted by Crippen LogP contribution is -2.49. The van der Waals surface area contributed by atoms with Crippen LogP contribution in [0.2, 0.25) is 0 Å². The Kier molecular flexibility index (Phi) is 3.62. The highest BCUT2D eigenvalue weighted by Crippen LogP contribution is 2.44. The highest BCUT2D eigenvalue weighted by molar-refractivity contribution is 5.82. The van der Waals surface area contributed by atoms with Gasteiger partial charge in [-0.25, -0.2) is 0 Å². The molecule has 2 saturated carbocycles. The number of carbonyl (C=O) groups excluding carboxylic acids is 1. The number of aromatic nitrogens is 3. The first-order valence-corrected chi connectivity index (χ1v) is 9.34. The van der Waals surface area contributed by atoms with Crippen LogP contribution >= 0.6 is 0 Å². The highest BCUT2D eigenvalue weighted by Gasteiger charge is 2.37. The second-order valence-corrected chi connectivity index (χ2v) is 7.38. The van der Waals surface area contributed by atoms with Crippen LogP contribution in [0.15, 0.2) is 24.3 Å². The van der Waals surface area contributed by atoms with Crippen molar-refractivity contribution in [3.8, 4) is 11.5 Å². The Morgan fingerprint density at radius 2 is 1.88 bits per heavy atom. The molecule has 2 aliphatic carbocycles. The Morgan fingerprint density at radius 1 is 1.15 bits per heavy atom. The van der Waals surface area contributed by atoms with Gasteiger partial charge in [-0.3, -0.25) is 4.79 Å². The van der Waals surface area contributed by atoms with E-state index in [-0.39, 0.29) is 12.0 Å². The third-order valence-electron chi connectivity index (χ3n) is 5.17.